The number of aromatic nitrogens is 3. The van der Waals surface area contributed by atoms with Crippen molar-refractivity contribution in [3.8, 4) is 11.5 Å². The van der Waals surface area contributed by atoms with Gasteiger partial charge in [0.15, 0.2) is 5.82 Å². The van der Waals surface area contributed by atoms with Crippen molar-refractivity contribution in [2.24, 2.45) is 0 Å². The van der Waals surface area contributed by atoms with Gasteiger partial charge in [0, 0.05) is 28.6 Å². The fourth-order valence-electron chi connectivity index (χ4n) is 1.10. The van der Waals surface area contributed by atoms with Crippen LogP contribution in [0.15, 0.2) is 35.2 Å². The lowest BCUT2D eigenvalue weighted by atomic mass is 10.3. The van der Waals surface area contributed by atoms with Crippen molar-refractivity contribution >= 4 is 27.5 Å². The molecule has 0 aliphatic heterocycles. The Labute approximate surface area is 101 Å². The van der Waals surface area contributed by atoms with E-state index in [-0.39, 0.29) is 0 Å². The van der Waals surface area contributed by atoms with Gasteiger partial charge in [0.05, 0.1) is 5.88 Å². The van der Waals surface area contributed by atoms with Crippen molar-refractivity contribution < 1.29 is 0 Å². The van der Waals surface area contributed by atoms with Crippen LogP contribution in [-0.2, 0) is 5.88 Å². The first-order valence-corrected chi connectivity index (χ1v) is 5.62. The summed E-state index contributed by atoms with van der Waals surface area (Å²) in [5.41, 5.74) is 1.63. The van der Waals surface area contributed by atoms with Crippen LogP contribution in [0.25, 0.3) is 11.5 Å². The van der Waals surface area contributed by atoms with Crippen LogP contribution in [0.3, 0.4) is 0 Å². The topological polar surface area (TPSA) is 38.7 Å². The molecule has 2 aromatic rings. The second-order valence-electron chi connectivity index (χ2n) is 2.88. The highest BCUT2D eigenvalue weighted by atomic mass is 79.9. The van der Waals surface area contributed by atoms with Gasteiger partial charge in [-0.3, -0.25) is 4.98 Å². The van der Waals surface area contributed by atoms with Crippen molar-refractivity contribution in [3.63, 3.8) is 0 Å². The fraction of sp³-hybridized carbons (Fsp3) is 0.100. The predicted molar refractivity (Wildman–Crippen MR) is 62.5 cm³/mol. The minimum Gasteiger partial charge on any atom is -0.252 e. The minimum atomic E-state index is 0.420. The van der Waals surface area contributed by atoms with E-state index in [1.807, 2.05) is 12.1 Å². The molecule has 0 fully saturated rings. The van der Waals surface area contributed by atoms with E-state index >= 15 is 0 Å². The lowest BCUT2D eigenvalue weighted by Gasteiger charge is -2.01. The minimum absolute atomic E-state index is 0.420. The molecular weight excluding hydrogens is 277 g/mol. The number of alkyl halides is 1. The second-order valence-corrected chi connectivity index (χ2v) is 4.00. The molecule has 5 heteroatoms. The lowest BCUT2D eigenvalue weighted by molar-refractivity contribution is 1.10. The third kappa shape index (κ3) is 2.33. The average molecular weight is 285 g/mol. The van der Waals surface area contributed by atoms with Gasteiger partial charge in [-0.15, -0.1) is 11.6 Å². The molecule has 0 aromatic carbocycles. The molecule has 2 rings (SSSR count). The molecule has 15 heavy (non-hydrogen) atoms. The van der Waals surface area contributed by atoms with Crippen LogP contribution in [0.4, 0.5) is 0 Å². The quantitative estimate of drug-likeness (QED) is 0.796. The summed E-state index contributed by atoms with van der Waals surface area (Å²) in [4.78, 5) is 12.6. The van der Waals surface area contributed by atoms with Crippen molar-refractivity contribution in [2.75, 3.05) is 0 Å². The molecule has 0 atom stereocenters. The monoisotopic (exact) mass is 283 g/mol. The van der Waals surface area contributed by atoms with Crippen LogP contribution in [0.5, 0.6) is 0 Å². The van der Waals surface area contributed by atoms with Crippen molar-refractivity contribution in [1.29, 1.82) is 0 Å². The standard InChI is InChI=1S/C10H7BrClN3/c11-8-2-1-3-13-9(8)10-14-5-7(4-12)6-15-10/h1-3,5-6H,4H2. The summed E-state index contributed by atoms with van der Waals surface area (Å²) < 4.78 is 0.878. The van der Waals surface area contributed by atoms with Crippen LogP contribution >= 0.6 is 27.5 Å². The summed E-state index contributed by atoms with van der Waals surface area (Å²) in [6.07, 6.45) is 5.12. The fourth-order valence-corrected chi connectivity index (χ4v) is 1.67. The van der Waals surface area contributed by atoms with E-state index in [9.17, 15) is 0 Å². The van der Waals surface area contributed by atoms with Crippen molar-refractivity contribution in [3.05, 3.63) is 40.8 Å². The summed E-state index contributed by atoms with van der Waals surface area (Å²) in [7, 11) is 0. The summed E-state index contributed by atoms with van der Waals surface area (Å²) in [5, 5.41) is 0. The Hall–Kier alpha value is -1.000. The first kappa shape index (κ1) is 10.5. The highest BCUT2D eigenvalue weighted by Gasteiger charge is 2.06. The Bertz CT molecular complexity index is 458. The van der Waals surface area contributed by atoms with Gasteiger partial charge in [-0.1, -0.05) is 0 Å². The molecule has 0 amide bonds. The van der Waals surface area contributed by atoms with Gasteiger partial charge in [0.25, 0.3) is 0 Å². The summed E-state index contributed by atoms with van der Waals surface area (Å²) in [5.74, 6) is 1.01. The molecule has 2 heterocycles. The number of hydrogen-bond donors (Lipinski definition) is 0. The SMILES string of the molecule is ClCc1cnc(-c2ncccc2Br)nc1. The molecule has 3 nitrogen and oxygen atoms in total. The van der Waals surface area contributed by atoms with Crippen LogP contribution in [0.1, 0.15) is 5.56 Å². The zero-order valence-corrected chi connectivity index (χ0v) is 10.0. The summed E-state index contributed by atoms with van der Waals surface area (Å²) in [6.45, 7) is 0. The maximum atomic E-state index is 5.65. The molecular formula is C10H7BrClN3. The Kier molecular flexibility index (Phi) is 3.28. The Balaban J connectivity index is 2.42. The molecule has 0 aliphatic carbocycles. The largest absolute Gasteiger partial charge is 0.252 e. The van der Waals surface area contributed by atoms with E-state index in [4.69, 9.17) is 11.6 Å². The first-order chi connectivity index (χ1) is 7.31. The predicted octanol–water partition coefficient (Wildman–Crippen LogP) is 3.04. The molecule has 0 N–H and O–H groups in total. The molecule has 0 aliphatic rings. The Morgan fingerprint density at radius 1 is 1.20 bits per heavy atom. The Morgan fingerprint density at radius 2 is 1.93 bits per heavy atom. The zero-order valence-electron chi connectivity index (χ0n) is 7.69. The second kappa shape index (κ2) is 4.68. The Morgan fingerprint density at radius 3 is 2.53 bits per heavy atom. The zero-order chi connectivity index (χ0) is 10.7. The molecule has 0 unspecified atom stereocenters. The van der Waals surface area contributed by atoms with Gasteiger partial charge in [-0.25, -0.2) is 9.97 Å². The van der Waals surface area contributed by atoms with Gasteiger partial charge >= 0.3 is 0 Å². The van der Waals surface area contributed by atoms with E-state index in [0.717, 1.165) is 15.7 Å². The number of hydrogen-bond acceptors (Lipinski definition) is 3. The normalized spacial score (nSPS) is 10.3. The van der Waals surface area contributed by atoms with Gasteiger partial charge in [0.2, 0.25) is 0 Å². The number of rotatable bonds is 2. The maximum absolute atomic E-state index is 5.65. The lowest BCUT2D eigenvalue weighted by Crippen LogP contribution is -1.93. The molecule has 2 aromatic heterocycles. The van der Waals surface area contributed by atoms with Crippen molar-refractivity contribution in [2.45, 2.75) is 5.88 Å². The summed E-state index contributed by atoms with van der Waals surface area (Å²) in [6, 6.07) is 3.75. The molecule has 0 spiro atoms. The van der Waals surface area contributed by atoms with Gasteiger partial charge in [-0.2, -0.15) is 0 Å². The van der Waals surface area contributed by atoms with E-state index in [0.29, 0.717) is 11.7 Å². The first-order valence-electron chi connectivity index (χ1n) is 4.29. The third-order valence-corrected chi connectivity index (χ3v) is 2.78. The molecule has 0 bridgehead atoms. The molecule has 0 saturated carbocycles. The van der Waals surface area contributed by atoms with E-state index in [1.54, 1.807) is 18.6 Å². The van der Waals surface area contributed by atoms with Gasteiger partial charge in [-0.05, 0) is 28.1 Å². The van der Waals surface area contributed by atoms with Crippen LogP contribution in [-0.4, -0.2) is 15.0 Å². The molecule has 0 radical (unpaired) electrons. The number of halogens is 2. The molecule has 76 valence electrons. The van der Waals surface area contributed by atoms with E-state index in [1.165, 1.54) is 0 Å². The van der Waals surface area contributed by atoms with E-state index in [2.05, 4.69) is 30.9 Å². The van der Waals surface area contributed by atoms with Crippen LogP contribution in [0, 0.1) is 0 Å². The van der Waals surface area contributed by atoms with Gasteiger partial charge in [0.1, 0.15) is 5.69 Å². The van der Waals surface area contributed by atoms with Crippen molar-refractivity contribution in [1.82, 2.24) is 15.0 Å². The van der Waals surface area contributed by atoms with E-state index < -0.39 is 0 Å². The van der Waals surface area contributed by atoms with Crippen LogP contribution in [0.2, 0.25) is 0 Å². The summed E-state index contributed by atoms with van der Waals surface area (Å²) >= 11 is 9.05. The number of pyridine rings is 1. The number of nitrogens with zero attached hydrogens (tertiary/aromatic N) is 3. The smallest absolute Gasteiger partial charge is 0.179 e. The maximum Gasteiger partial charge on any atom is 0.179 e. The average Bonchev–Trinajstić information content (AvgIpc) is 2.30. The highest BCUT2D eigenvalue weighted by Crippen LogP contribution is 2.21. The van der Waals surface area contributed by atoms with Gasteiger partial charge < -0.3 is 0 Å². The third-order valence-electron chi connectivity index (χ3n) is 1.83. The van der Waals surface area contributed by atoms with Crippen LogP contribution < -0.4 is 0 Å². The molecule has 0 saturated heterocycles. The highest BCUT2D eigenvalue weighted by molar-refractivity contribution is 9.10.